The van der Waals surface area contributed by atoms with Gasteiger partial charge in [-0.05, 0) is 40.2 Å². The number of hydrogen-bond acceptors (Lipinski definition) is 6. The third-order valence-corrected chi connectivity index (χ3v) is 7.72. The van der Waals surface area contributed by atoms with Gasteiger partial charge in [-0.2, -0.15) is 4.31 Å². The van der Waals surface area contributed by atoms with E-state index in [9.17, 15) is 13.2 Å². The molecule has 0 unspecified atom stereocenters. The van der Waals surface area contributed by atoms with Crippen molar-refractivity contribution in [3.05, 3.63) is 39.8 Å². The van der Waals surface area contributed by atoms with Crippen molar-refractivity contribution in [2.24, 2.45) is 5.73 Å². The van der Waals surface area contributed by atoms with Gasteiger partial charge in [-0.1, -0.05) is 0 Å². The average Bonchev–Trinajstić information content (AvgIpc) is 3.02. The quantitative estimate of drug-likeness (QED) is 0.792. The monoisotopic (exact) mass is 430 g/mol. The van der Waals surface area contributed by atoms with Crippen LogP contribution < -0.4 is 10.6 Å². The Balaban J connectivity index is 1.76. The highest BCUT2D eigenvalue weighted by molar-refractivity contribution is 9.11. The highest BCUT2D eigenvalue weighted by Crippen LogP contribution is 2.29. The first-order valence-corrected chi connectivity index (χ1v) is 10.2. The molecule has 0 aromatic carbocycles. The number of nitrogens with two attached hydrogens (primary N) is 1. The zero-order valence-electron chi connectivity index (χ0n) is 12.6. The van der Waals surface area contributed by atoms with E-state index in [2.05, 4.69) is 20.9 Å². The predicted octanol–water partition coefficient (Wildman–Crippen LogP) is 1.52. The fraction of sp³-hybridized carbons (Fsp3) is 0.286. The summed E-state index contributed by atoms with van der Waals surface area (Å²) in [6.07, 6.45) is 1.59. The lowest BCUT2D eigenvalue weighted by molar-refractivity contribution is 0.100. The summed E-state index contributed by atoms with van der Waals surface area (Å²) in [5.74, 6) is -0.0440. The van der Waals surface area contributed by atoms with E-state index >= 15 is 0 Å². The van der Waals surface area contributed by atoms with Crippen molar-refractivity contribution in [3.8, 4) is 0 Å². The highest BCUT2D eigenvalue weighted by atomic mass is 79.9. The van der Waals surface area contributed by atoms with Crippen LogP contribution in [-0.2, 0) is 10.0 Å². The Morgan fingerprint density at radius 3 is 2.50 bits per heavy atom. The summed E-state index contributed by atoms with van der Waals surface area (Å²) in [7, 11) is -3.49. The van der Waals surface area contributed by atoms with E-state index in [0.717, 1.165) is 3.79 Å². The molecule has 0 atom stereocenters. The Labute approximate surface area is 152 Å². The van der Waals surface area contributed by atoms with Crippen molar-refractivity contribution in [3.63, 3.8) is 0 Å². The molecule has 10 heteroatoms. The molecular formula is C14H15BrN4O3S2. The number of primary amides is 1. The molecule has 0 bridgehead atoms. The number of hydrogen-bond donors (Lipinski definition) is 1. The van der Waals surface area contributed by atoms with E-state index < -0.39 is 15.9 Å². The Morgan fingerprint density at radius 2 is 1.92 bits per heavy atom. The van der Waals surface area contributed by atoms with Crippen LogP contribution >= 0.6 is 27.3 Å². The molecule has 2 aromatic rings. The van der Waals surface area contributed by atoms with Crippen LogP contribution in [0.25, 0.3) is 0 Å². The summed E-state index contributed by atoms with van der Waals surface area (Å²) in [5, 5.41) is 0. The minimum absolute atomic E-state index is 0.318. The van der Waals surface area contributed by atoms with Gasteiger partial charge in [0.1, 0.15) is 10.0 Å². The van der Waals surface area contributed by atoms with E-state index in [4.69, 9.17) is 5.73 Å². The molecule has 1 aliphatic rings. The summed E-state index contributed by atoms with van der Waals surface area (Å²) < 4.78 is 27.8. The Hall–Kier alpha value is -1.49. The molecule has 1 fully saturated rings. The standard InChI is InChI=1S/C14H15BrN4O3S2/c15-11-3-4-12(23-11)24(21,22)19-8-6-18(7-9-19)14-10(13(16)20)2-1-5-17-14/h1-5H,6-9H2,(H2,16,20). The molecule has 1 aliphatic heterocycles. The maximum Gasteiger partial charge on any atom is 0.252 e. The Bertz CT molecular complexity index is 860. The number of halogens is 1. The lowest BCUT2D eigenvalue weighted by Crippen LogP contribution is -2.49. The van der Waals surface area contributed by atoms with Crippen LogP contribution in [0, 0.1) is 0 Å². The number of carbonyl (C=O) groups excluding carboxylic acids is 1. The molecule has 0 radical (unpaired) electrons. The van der Waals surface area contributed by atoms with Crippen LogP contribution in [0.2, 0.25) is 0 Å². The van der Waals surface area contributed by atoms with E-state index in [-0.39, 0.29) is 0 Å². The molecule has 0 spiro atoms. The maximum absolute atomic E-state index is 12.6. The number of anilines is 1. The molecule has 0 saturated carbocycles. The Morgan fingerprint density at radius 1 is 1.21 bits per heavy atom. The normalized spacial score (nSPS) is 16.3. The first-order valence-electron chi connectivity index (χ1n) is 7.15. The van der Waals surface area contributed by atoms with Crippen molar-refractivity contribution >= 4 is 49.0 Å². The topological polar surface area (TPSA) is 96.6 Å². The average molecular weight is 431 g/mol. The van der Waals surface area contributed by atoms with Crippen molar-refractivity contribution in [1.29, 1.82) is 0 Å². The SMILES string of the molecule is NC(=O)c1cccnc1N1CCN(S(=O)(=O)c2ccc(Br)s2)CC1. The molecule has 128 valence electrons. The van der Waals surface area contributed by atoms with Crippen molar-refractivity contribution in [2.45, 2.75) is 4.21 Å². The number of sulfonamides is 1. The smallest absolute Gasteiger partial charge is 0.252 e. The molecular weight excluding hydrogens is 416 g/mol. The molecule has 24 heavy (non-hydrogen) atoms. The van der Waals surface area contributed by atoms with Gasteiger partial charge in [-0.25, -0.2) is 13.4 Å². The second kappa shape index (κ2) is 6.79. The molecule has 1 saturated heterocycles. The number of nitrogens with zero attached hydrogens (tertiary/aromatic N) is 3. The van der Waals surface area contributed by atoms with E-state index in [1.165, 1.54) is 15.6 Å². The van der Waals surface area contributed by atoms with Crippen LogP contribution in [0.15, 0.2) is 38.5 Å². The van der Waals surface area contributed by atoms with Gasteiger partial charge < -0.3 is 10.6 Å². The lowest BCUT2D eigenvalue weighted by Gasteiger charge is -2.34. The van der Waals surface area contributed by atoms with E-state index in [1.54, 1.807) is 30.5 Å². The fourth-order valence-electron chi connectivity index (χ4n) is 2.55. The largest absolute Gasteiger partial charge is 0.365 e. The van der Waals surface area contributed by atoms with Gasteiger partial charge in [0, 0.05) is 32.4 Å². The summed E-state index contributed by atoms with van der Waals surface area (Å²) >= 11 is 4.48. The van der Waals surface area contributed by atoms with Gasteiger partial charge in [-0.15, -0.1) is 11.3 Å². The highest BCUT2D eigenvalue weighted by Gasteiger charge is 2.30. The van der Waals surface area contributed by atoms with Gasteiger partial charge in [0.05, 0.1) is 9.35 Å². The van der Waals surface area contributed by atoms with Gasteiger partial charge in [0.25, 0.3) is 15.9 Å². The van der Waals surface area contributed by atoms with Crippen molar-refractivity contribution in [2.75, 3.05) is 31.1 Å². The number of thiophene rings is 1. The number of amides is 1. The minimum Gasteiger partial charge on any atom is -0.365 e. The van der Waals surface area contributed by atoms with Gasteiger partial charge in [0.2, 0.25) is 0 Å². The van der Waals surface area contributed by atoms with E-state index in [1.807, 2.05) is 4.90 Å². The number of pyridine rings is 1. The molecule has 2 N–H and O–H groups in total. The molecule has 3 heterocycles. The van der Waals surface area contributed by atoms with Gasteiger partial charge in [-0.3, -0.25) is 4.79 Å². The number of rotatable bonds is 4. The van der Waals surface area contributed by atoms with Gasteiger partial charge >= 0.3 is 0 Å². The maximum atomic E-state index is 12.6. The summed E-state index contributed by atoms with van der Waals surface area (Å²) in [4.78, 5) is 17.6. The predicted molar refractivity (Wildman–Crippen MR) is 95.7 cm³/mol. The molecule has 7 nitrogen and oxygen atoms in total. The van der Waals surface area contributed by atoms with E-state index in [0.29, 0.717) is 41.8 Å². The second-order valence-corrected chi connectivity index (χ2v) is 9.82. The zero-order chi connectivity index (χ0) is 17.3. The molecule has 3 rings (SSSR count). The van der Waals surface area contributed by atoms with Crippen LogP contribution in [0.4, 0.5) is 5.82 Å². The summed E-state index contributed by atoms with van der Waals surface area (Å²) in [6, 6.07) is 6.59. The molecule has 2 aromatic heterocycles. The van der Waals surface area contributed by atoms with Crippen LogP contribution in [0.3, 0.4) is 0 Å². The number of carbonyl (C=O) groups is 1. The zero-order valence-corrected chi connectivity index (χ0v) is 15.8. The Kier molecular flexibility index (Phi) is 4.90. The first kappa shape index (κ1) is 17.3. The molecule has 1 amide bonds. The molecule has 0 aliphatic carbocycles. The number of aromatic nitrogens is 1. The first-order chi connectivity index (χ1) is 11.4. The second-order valence-electron chi connectivity index (χ2n) is 5.19. The van der Waals surface area contributed by atoms with Crippen molar-refractivity contribution in [1.82, 2.24) is 9.29 Å². The number of piperazine rings is 1. The minimum atomic E-state index is -3.49. The van der Waals surface area contributed by atoms with Gasteiger partial charge in [0.15, 0.2) is 0 Å². The van der Waals surface area contributed by atoms with Crippen LogP contribution in [-0.4, -0.2) is 49.8 Å². The fourth-order valence-corrected chi connectivity index (χ4v) is 6.13. The summed E-state index contributed by atoms with van der Waals surface area (Å²) in [5.41, 5.74) is 5.72. The van der Waals surface area contributed by atoms with Crippen LogP contribution in [0.1, 0.15) is 10.4 Å². The lowest BCUT2D eigenvalue weighted by atomic mass is 10.2. The van der Waals surface area contributed by atoms with Crippen molar-refractivity contribution < 1.29 is 13.2 Å². The third-order valence-electron chi connectivity index (χ3n) is 3.73. The summed E-state index contributed by atoms with van der Waals surface area (Å²) in [6.45, 7) is 1.55. The van der Waals surface area contributed by atoms with Crippen LogP contribution in [0.5, 0.6) is 0 Å². The third kappa shape index (κ3) is 3.32.